The minimum atomic E-state index is -1.01. The second kappa shape index (κ2) is 6.48. The number of carbonyl (C=O) groups excluding carboxylic acids is 1. The lowest BCUT2D eigenvalue weighted by atomic mass is 9.77. The lowest BCUT2D eigenvalue weighted by Crippen LogP contribution is -2.46. The van der Waals surface area contributed by atoms with Gasteiger partial charge in [0, 0.05) is 0 Å². The molecule has 3 rings (SSSR count). The number of aromatic carboxylic acids is 1. The summed E-state index contributed by atoms with van der Waals surface area (Å²) < 4.78 is 0. The molecule has 1 unspecified atom stereocenters. The molecule has 1 aliphatic carbocycles. The van der Waals surface area contributed by atoms with E-state index in [9.17, 15) is 14.7 Å². The summed E-state index contributed by atoms with van der Waals surface area (Å²) >= 11 is 0. The highest BCUT2D eigenvalue weighted by Gasteiger charge is 2.33. The van der Waals surface area contributed by atoms with E-state index in [-0.39, 0.29) is 17.9 Å². The Labute approximate surface area is 141 Å². The highest BCUT2D eigenvalue weighted by atomic mass is 16.4. The maximum Gasteiger partial charge on any atom is 0.335 e. The van der Waals surface area contributed by atoms with Gasteiger partial charge in [0.15, 0.2) is 0 Å². The molecule has 0 saturated heterocycles. The molecule has 24 heavy (non-hydrogen) atoms. The van der Waals surface area contributed by atoms with Crippen LogP contribution in [-0.2, 0) is 23.2 Å². The van der Waals surface area contributed by atoms with Crippen LogP contribution >= 0.6 is 0 Å². The van der Waals surface area contributed by atoms with E-state index in [0.717, 1.165) is 24.8 Å². The molecular formula is C20H21NO3. The highest BCUT2D eigenvalue weighted by molar-refractivity contribution is 5.91. The minimum Gasteiger partial charge on any atom is -0.478 e. The molecule has 4 nitrogen and oxygen atoms in total. The van der Waals surface area contributed by atoms with Crippen LogP contribution in [0.3, 0.4) is 0 Å². The van der Waals surface area contributed by atoms with E-state index in [4.69, 9.17) is 0 Å². The summed E-state index contributed by atoms with van der Waals surface area (Å²) in [4.78, 5) is 23.9. The Morgan fingerprint density at radius 1 is 1.12 bits per heavy atom. The molecule has 0 bridgehead atoms. The Morgan fingerprint density at radius 2 is 1.83 bits per heavy atom. The third-order valence-corrected chi connectivity index (χ3v) is 4.75. The summed E-state index contributed by atoms with van der Waals surface area (Å²) in [6.07, 6.45) is 3.01. The molecule has 1 atom stereocenters. The Morgan fingerprint density at radius 3 is 2.62 bits per heavy atom. The van der Waals surface area contributed by atoms with Crippen LogP contribution in [-0.4, -0.2) is 17.0 Å². The third kappa shape index (κ3) is 3.18. The van der Waals surface area contributed by atoms with Crippen LogP contribution in [0.25, 0.3) is 0 Å². The first-order chi connectivity index (χ1) is 11.5. The average Bonchev–Trinajstić information content (AvgIpc) is 2.55. The Hall–Kier alpha value is -2.62. The van der Waals surface area contributed by atoms with Gasteiger partial charge in [0.2, 0.25) is 5.91 Å². The zero-order valence-corrected chi connectivity index (χ0v) is 13.7. The Kier molecular flexibility index (Phi) is 4.38. The molecule has 0 spiro atoms. The fraction of sp³-hybridized carbons (Fsp3) is 0.300. The standard InChI is InChI=1S/C20H21NO3/c1-20(12-6-9-14-7-3-5-11-17(14)20)21-18(22)13-15-8-2-4-10-16(15)19(23)24/h2-5,7-8,10-11H,6,9,12-13H2,1H3,(H,21,22)(H,23,24). The minimum absolute atomic E-state index is 0.0697. The molecule has 0 aromatic heterocycles. The number of nitrogens with one attached hydrogen (secondary N) is 1. The van der Waals surface area contributed by atoms with Gasteiger partial charge in [-0.3, -0.25) is 4.79 Å². The number of aryl methyl sites for hydroxylation is 1. The summed E-state index contributed by atoms with van der Waals surface area (Å²) in [6, 6.07) is 14.8. The molecule has 1 aliphatic rings. The van der Waals surface area contributed by atoms with Crippen LogP contribution < -0.4 is 5.32 Å². The van der Waals surface area contributed by atoms with Crippen LogP contribution in [0.15, 0.2) is 48.5 Å². The lowest BCUT2D eigenvalue weighted by Gasteiger charge is -2.37. The molecule has 0 saturated carbocycles. The van der Waals surface area contributed by atoms with Crippen molar-refractivity contribution in [1.82, 2.24) is 5.32 Å². The van der Waals surface area contributed by atoms with E-state index in [0.29, 0.717) is 5.56 Å². The van der Waals surface area contributed by atoms with Crippen molar-refractivity contribution in [3.8, 4) is 0 Å². The summed E-state index contributed by atoms with van der Waals surface area (Å²) in [5, 5.41) is 12.4. The second-order valence-corrected chi connectivity index (χ2v) is 6.53. The highest BCUT2D eigenvalue weighted by Crippen LogP contribution is 2.34. The molecule has 124 valence electrons. The van der Waals surface area contributed by atoms with Gasteiger partial charge in [-0.05, 0) is 48.9 Å². The summed E-state index contributed by atoms with van der Waals surface area (Å²) in [7, 11) is 0. The van der Waals surface area contributed by atoms with Gasteiger partial charge in [-0.25, -0.2) is 4.79 Å². The van der Waals surface area contributed by atoms with E-state index in [2.05, 4.69) is 17.4 Å². The zero-order chi connectivity index (χ0) is 17.2. The Balaban J connectivity index is 1.80. The zero-order valence-electron chi connectivity index (χ0n) is 13.7. The van der Waals surface area contributed by atoms with Gasteiger partial charge < -0.3 is 10.4 Å². The van der Waals surface area contributed by atoms with Crippen molar-refractivity contribution in [2.45, 2.75) is 38.1 Å². The largest absolute Gasteiger partial charge is 0.478 e. The van der Waals surface area contributed by atoms with Gasteiger partial charge in [-0.1, -0.05) is 42.5 Å². The number of benzene rings is 2. The molecule has 2 aromatic rings. The van der Waals surface area contributed by atoms with Gasteiger partial charge in [-0.15, -0.1) is 0 Å². The number of rotatable bonds is 4. The van der Waals surface area contributed by atoms with Crippen LogP contribution in [0.5, 0.6) is 0 Å². The van der Waals surface area contributed by atoms with E-state index in [1.165, 1.54) is 11.6 Å². The molecular weight excluding hydrogens is 302 g/mol. The first-order valence-electron chi connectivity index (χ1n) is 8.20. The van der Waals surface area contributed by atoms with Crippen molar-refractivity contribution in [2.24, 2.45) is 0 Å². The maximum absolute atomic E-state index is 12.6. The van der Waals surface area contributed by atoms with Crippen LogP contribution in [0, 0.1) is 0 Å². The number of amides is 1. The molecule has 1 amide bonds. The van der Waals surface area contributed by atoms with E-state index in [1.807, 2.05) is 19.1 Å². The monoisotopic (exact) mass is 323 g/mol. The smallest absolute Gasteiger partial charge is 0.335 e. The summed E-state index contributed by atoms with van der Waals surface area (Å²) in [5.41, 5.74) is 2.76. The van der Waals surface area contributed by atoms with Gasteiger partial charge >= 0.3 is 5.97 Å². The fourth-order valence-electron chi connectivity index (χ4n) is 3.58. The molecule has 0 heterocycles. The lowest BCUT2D eigenvalue weighted by molar-refractivity contribution is -0.122. The first kappa shape index (κ1) is 16.2. The normalized spacial score (nSPS) is 19.4. The van der Waals surface area contributed by atoms with E-state index < -0.39 is 11.5 Å². The quantitative estimate of drug-likeness (QED) is 0.907. The third-order valence-electron chi connectivity index (χ3n) is 4.75. The van der Waals surface area contributed by atoms with Crippen molar-refractivity contribution in [3.63, 3.8) is 0 Å². The number of carboxylic acid groups (broad SMARTS) is 1. The summed E-state index contributed by atoms with van der Waals surface area (Å²) in [5.74, 6) is -1.16. The fourth-order valence-corrected chi connectivity index (χ4v) is 3.58. The van der Waals surface area contributed by atoms with Gasteiger partial charge in [0.1, 0.15) is 0 Å². The van der Waals surface area contributed by atoms with Crippen molar-refractivity contribution in [1.29, 1.82) is 0 Å². The molecule has 0 radical (unpaired) electrons. The van der Waals surface area contributed by atoms with Crippen LogP contribution in [0.1, 0.15) is 46.8 Å². The molecule has 0 aliphatic heterocycles. The van der Waals surface area contributed by atoms with Crippen LogP contribution in [0.2, 0.25) is 0 Å². The van der Waals surface area contributed by atoms with Gasteiger partial charge in [0.25, 0.3) is 0 Å². The van der Waals surface area contributed by atoms with E-state index in [1.54, 1.807) is 18.2 Å². The average molecular weight is 323 g/mol. The maximum atomic E-state index is 12.6. The van der Waals surface area contributed by atoms with Crippen molar-refractivity contribution in [2.75, 3.05) is 0 Å². The topological polar surface area (TPSA) is 66.4 Å². The molecule has 2 aromatic carbocycles. The first-order valence-corrected chi connectivity index (χ1v) is 8.20. The predicted molar refractivity (Wildman–Crippen MR) is 92.0 cm³/mol. The number of hydrogen-bond donors (Lipinski definition) is 2. The van der Waals surface area contributed by atoms with Crippen molar-refractivity contribution < 1.29 is 14.7 Å². The Bertz CT molecular complexity index is 784. The number of hydrogen-bond acceptors (Lipinski definition) is 2. The SMILES string of the molecule is CC1(NC(=O)Cc2ccccc2C(=O)O)CCCc2ccccc21. The van der Waals surface area contributed by atoms with Gasteiger partial charge in [0.05, 0.1) is 17.5 Å². The van der Waals surface area contributed by atoms with Crippen LogP contribution in [0.4, 0.5) is 0 Å². The second-order valence-electron chi connectivity index (χ2n) is 6.53. The molecule has 4 heteroatoms. The van der Waals surface area contributed by atoms with Crippen molar-refractivity contribution in [3.05, 3.63) is 70.8 Å². The number of carboxylic acids is 1. The molecule has 0 fully saturated rings. The number of carbonyl (C=O) groups is 2. The number of fused-ring (bicyclic) bond motifs is 1. The van der Waals surface area contributed by atoms with E-state index >= 15 is 0 Å². The predicted octanol–water partition coefficient (Wildman–Crippen LogP) is 3.30. The molecule has 2 N–H and O–H groups in total. The van der Waals surface area contributed by atoms with Crippen molar-refractivity contribution >= 4 is 11.9 Å². The van der Waals surface area contributed by atoms with Gasteiger partial charge in [-0.2, -0.15) is 0 Å². The summed E-state index contributed by atoms with van der Waals surface area (Å²) in [6.45, 7) is 2.05.